The number of esters is 2. The maximum absolute atomic E-state index is 11.8. The summed E-state index contributed by atoms with van der Waals surface area (Å²) in [7, 11) is 0. The molecule has 0 aromatic heterocycles. The van der Waals surface area contributed by atoms with Crippen LogP contribution >= 0.6 is 0 Å². The molecule has 0 N–H and O–H groups in total. The van der Waals surface area contributed by atoms with Crippen LogP contribution < -0.4 is 0 Å². The Hall–Kier alpha value is -1.62. The van der Waals surface area contributed by atoms with Crippen LogP contribution in [0.3, 0.4) is 0 Å². The van der Waals surface area contributed by atoms with Gasteiger partial charge in [0.1, 0.15) is 0 Å². The molecule has 1 rings (SSSR count). The number of hydrogen-bond acceptors (Lipinski definition) is 5. The largest absolute Gasteiger partial charge is 0.466 e. The third kappa shape index (κ3) is 21.4. The highest BCUT2D eigenvalue weighted by molar-refractivity contribution is 5.69. The second kappa shape index (κ2) is 24.1. The number of likely N-dealkylation sites (tertiary alicyclic amines) is 1. The van der Waals surface area contributed by atoms with E-state index in [1.165, 1.54) is 70.9 Å². The number of rotatable bonds is 23. The van der Waals surface area contributed by atoms with Gasteiger partial charge in [0.05, 0.1) is 13.2 Å². The predicted octanol–water partition coefficient (Wildman–Crippen LogP) is 7.54. The Morgan fingerprint density at radius 1 is 0.657 bits per heavy atom. The molecule has 202 valence electrons. The van der Waals surface area contributed by atoms with Gasteiger partial charge >= 0.3 is 11.9 Å². The number of hydrogen-bond donors (Lipinski definition) is 0. The van der Waals surface area contributed by atoms with Crippen molar-refractivity contribution in [2.45, 2.75) is 122 Å². The average molecular weight is 492 g/mol. The molecule has 1 aliphatic rings. The minimum atomic E-state index is -0.109. The van der Waals surface area contributed by atoms with Crippen LogP contribution in [0.25, 0.3) is 0 Å². The van der Waals surface area contributed by atoms with Gasteiger partial charge in [-0.05, 0) is 90.3 Å². The number of carbonyl (C=O) groups excluding carboxylic acids is 2. The first kappa shape index (κ1) is 31.4. The van der Waals surface area contributed by atoms with Gasteiger partial charge in [-0.3, -0.25) is 9.59 Å². The first-order valence-corrected chi connectivity index (χ1v) is 14.6. The van der Waals surface area contributed by atoms with Gasteiger partial charge in [-0.1, -0.05) is 63.3 Å². The number of unbranched alkanes of at least 4 members (excludes halogenated alkanes) is 9. The van der Waals surface area contributed by atoms with Crippen LogP contribution in [0.4, 0.5) is 0 Å². The normalized spacial score (nSPS) is 14.3. The molecule has 0 aliphatic carbocycles. The highest BCUT2D eigenvalue weighted by atomic mass is 16.5. The van der Waals surface area contributed by atoms with E-state index in [4.69, 9.17) is 9.47 Å². The van der Waals surface area contributed by atoms with Crippen LogP contribution in [0, 0.1) is 0 Å². The van der Waals surface area contributed by atoms with Crippen LogP contribution in [-0.4, -0.2) is 49.7 Å². The van der Waals surface area contributed by atoms with Gasteiger partial charge in [0, 0.05) is 12.8 Å². The Kier molecular flexibility index (Phi) is 21.6. The van der Waals surface area contributed by atoms with Crippen molar-refractivity contribution < 1.29 is 19.1 Å². The van der Waals surface area contributed by atoms with Crippen molar-refractivity contribution in [1.82, 2.24) is 4.90 Å². The van der Waals surface area contributed by atoms with Crippen LogP contribution in [0.1, 0.15) is 122 Å². The molecule has 0 saturated carbocycles. The lowest BCUT2D eigenvalue weighted by Gasteiger charge is -2.13. The van der Waals surface area contributed by atoms with E-state index in [-0.39, 0.29) is 11.9 Å². The molecule has 0 spiro atoms. The number of ether oxygens (including phenoxy) is 2. The summed E-state index contributed by atoms with van der Waals surface area (Å²) >= 11 is 0. The summed E-state index contributed by atoms with van der Waals surface area (Å²) in [6, 6.07) is 0. The number of nitrogens with zero attached hydrogens (tertiary/aromatic N) is 1. The van der Waals surface area contributed by atoms with Gasteiger partial charge in [-0.15, -0.1) is 0 Å². The van der Waals surface area contributed by atoms with Crippen molar-refractivity contribution in [3.05, 3.63) is 24.3 Å². The van der Waals surface area contributed by atoms with Crippen molar-refractivity contribution in [2.24, 2.45) is 0 Å². The van der Waals surface area contributed by atoms with Gasteiger partial charge in [0.15, 0.2) is 0 Å². The Balaban J connectivity index is 1.78. The first-order valence-electron chi connectivity index (χ1n) is 14.6. The molecule has 0 aromatic carbocycles. The van der Waals surface area contributed by atoms with Gasteiger partial charge in [-0.25, -0.2) is 0 Å². The topological polar surface area (TPSA) is 55.8 Å². The standard InChI is InChI=1S/C30H53NO4/c1-2-3-4-5-6-7-8-9-10-11-12-13-14-15-16-22-29(32)34-27-19-20-28-35-30(33)23-21-26-31-24-17-18-25-31/h6-7,9-10H,2-5,8,11-28H2,1H3/b7-6-,10-9-. The molecule has 0 bridgehead atoms. The van der Waals surface area contributed by atoms with E-state index in [1.807, 2.05) is 0 Å². The average Bonchev–Trinajstić information content (AvgIpc) is 3.37. The monoisotopic (exact) mass is 491 g/mol. The van der Waals surface area contributed by atoms with Crippen LogP contribution in [0.2, 0.25) is 0 Å². The Morgan fingerprint density at radius 2 is 1.20 bits per heavy atom. The van der Waals surface area contributed by atoms with E-state index in [2.05, 4.69) is 36.1 Å². The van der Waals surface area contributed by atoms with Gasteiger partial charge in [0.2, 0.25) is 0 Å². The maximum Gasteiger partial charge on any atom is 0.305 e. The first-order chi connectivity index (χ1) is 17.2. The van der Waals surface area contributed by atoms with Crippen molar-refractivity contribution in [1.29, 1.82) is 0 Å². The van der Waals surface area contributed by atoms with E-state index in [0.717, 1.165) is 51.5 Å². The molecular formula is C30H53NO4. The van der Waals surface area contributed by atoms with E-state index < -0.39 is 0 Å². The smallest absolute Gasteiger partial charge is 0.305 e. The van der Waals surface area contributed by atoms with Gasteiger partial charge in [-0.2, -0.15) is 0 Å². The summed E-state index contributed by atoms with van der Waals surface area (Å²) in [5.41, 5.74) is 0. The summed E-state index contributed by atoms with van der Waals surface area (Å²) in [4.78, 5) is 26.0. The van der Waals surface area contributed by atoms with E-state index in [9.17, 15) is 9.59 Å². The summed E-state index contributed by atoms with van der Waals surface area (Å²) in [5.74, 6) is -0.211. The predicted molar refractivity (Wildman–Crippen MR) is 145 cm³/mol. The van der Waals surface area contributed by atoms with E-state index in [1.54, 1.807) is 0 Å². The molecule has 1 saturated heterocycles. The number of carbonyl (C=O) groups is 2. The van der Waals surface area contributed by atoms with Crippen LogP contribution in [0.5, 0.6) is 0 Å². The zero-order valence-electron chi connectivity index (χ0n) is 22.7. The van der Waals surface area contributed by atoms with Crippen LogP contribution in [-0.2, 0) is 19.1 Å². The highest BCUT2D eigenvalue weighted by Gasteiger charge is 2.11. The molecule has 1 aliphatic heterocycles. The van der Waals surface area contributed by atoms with E-state index >= 15 is 0 Å². The molecule has 35 heavy (non-hydrogen) atoms. The van der Waals surface area contributed by atoms with Crippen molar-refractivity contribution in [2.75, 3.05) is 32.8 Å². The molecule has 1 fully saturated rings. The third-order valence-electron chi connectivity index (χ3n) is 6.45. The zero-order chi connectivity index (χ0) is 25.2. The quantitative estimate of drug-likeness (QED) is 0.0839. The fourth-order valence-electron chi connectivity index (χ4n) is 4.25. The van der Waals surface area contributed by atoms with E-state index in [0.29, 0.717) is 26.1 Å². The maximum atomic E-state index is 11.8. The summed E-state index contributed by atoms with van der Waals surface area (Å²) < 4.78 is 10.6. The Morgan fingerprint density at radius 3 is 1.83 bits per heavy atom. The molecular weight excluding hydrogens is 438 g/mol. The lowest BCUT2D eigenvalue weighted by atomic mass is 10.1. The molecule has 0 aromatic rings. The SMILES string of the molecule is CCCCC/C=C\C/C=C\CCCCCCCC(=O)OCCCCOC(=O)CCCN1CCCC1. The molecule has 1 heterocycles. The second-order valence-corrected chi connectivity index (χ2v) is 9.78. The van der Waals surface area contributed by atoms with Crippen molar-refractivity contribution in [3.63, 3.8) is 0 Å². The minimum absolute atomic E-state index is 0.102. The summed E-state index contributed by atoms with van der Waals surface area (Å²) in [5, 5.41) is 0. The third-order valence-corrected chi connectivity index (χ3v) is 6.45. The molecule has 0 atom stereocenters. The fraction of sp³-hybridized carbons (Fsp3) is 0.800. The Labute approximate surface area is 215 Å². The lowest BCUT2D eigenvalue weighted by molar-refractivity contribution is -0.146. The van der Waals surface area contributed by atoms with Crippen LogP contribution in [0.15, 0.2) is 24.3 Å². The summed E-state index contributed by atoms with van der Waals surface area (Å²) in [6.45, 7) is 6.42. The van der Waals surface area contributed by atoms with Gasteiger partial charge in [0.25, 0.3) is 0 Å². The molecule has 0 radical (unpaired) electrons. The number of allylic oxidation sites excluding steroid dienone is 4. The minimum Gasteiger partial charge on any atom is -0.466 e. The molecule has 0 amide bonds. The summed E-state index contributed by atoms with van der Waals surface area (Å²) in [6.07, 6.45) is 28.1. The lowest BCUT2D eigenvalue weighted by Crippen LogP contribution is -2.21. The van der Waals surface area contributed by atoms with Gasteiger partial charge < -0.3 is 14.4 Å². The fourth-order valence-corrected chi connectivity index (χ4v) is 4.25. The molecule has 0 unspecified atom stereocenters. The molecule has 5 nitrogen and oxygen atoms in total. The zero-order valence-corrected chi connectivity index (χ0v) is 22.7. The van der Waals surface area contributed by atoms with Crippen molar-refractivity contribution >= 4 is 11.9 Å². The highest BCUT2D eigenvalue weighted by Crippen LogP contribution is 2.10. The molecule has 5 heteroatoms. The van der Waals surface area contributed by atoms with Crippen molar-refractivity contribution in [3.8, 4) is 0 Å². The Bertz CT molecular complexity index is 567. The second-order valence-electron chi connectivity index (χ2n) is 9.78.